The summed E-state index contributed by atoms with van der Waals surface area (Å²) in [5.41, 5.74) is 8.57. The highest BCUT2D eigenvalue weighted by molar-refractivity contribution is 6.00. The fraction of sp³-hybridized carbons (Fsp3) is 0.333. The van der Waals surface area contributed by atoms with E-state index in [-0.39, 0.29) is 5.78 Å². The third-order valence-electron chi connectivity index (χ3n) is 3.23. The Hall–Kier alpha value is -1.94. The molecule has 1 aromatic carbocycles. The predicted molar refractivity (Wildman–Crippen MR) is 75.0 cm³/mol. The Labute approximate surface area is 113 Å². The van der Waals surface area contributed by atoms with Gasteiger partial charge in [0.15, 0.2) is 5.78 Å². The molecule has 100 valence electrons. The molecule has 4 nitrogen and oxygen atoms in total. The number of Topliss-reactive ketones (excluding diaryl/α,β-unsaturated/α-hetero) is 1. The quantitative estimate of drug-likeness (QED) is 0.856. The third-order valence-corrected chi connectivity index (χ3v) is 3.23. The van der Waals surface area contributed by atoms with Gasteiger partial charge < -0.3 is 5.73 Å². The summed E-state index contributed by atoms with van der Waals surface area (Å²) in [6.07, 6.45) is 3.40. The fourth-order valence-corrected chi connectivity index (χ4v) is 1.96. The Kier molecular flexibility index (Phi) is 3.81. The smallest absolute Gasteiger partial charge is 0.184 e. The number of aromatic nitrogens is 2. The van der Waals surface area contributed by atoms with Crippen molar-refractivity contribution in [3.8, 4) is 0 Å². The maximum atomic E-state index is 12.3. The minimum absolute atomic E-state index is 0.0803. The van der Waals surface area contributed by atoms with E-state index in [9.17, 15) is 4.79 Å². The topological polar surface area (TPSA) is 60.9 Å². The van der Waals surface area contributed by atoms with Crippen molar-refractivity contribution in [3.05, 3.63) is 53.3 Å². The molecule has 2 N–H and O–H groups in total. The molecule has 1 heterocycles. The third kappa shape index (κ3) is 2.90. The number of aryl methyl sites for hydroxylation is 1. The molecule has 0 aliphatic carbocycles. The van der Waals surface area contributed by atoms with Gasteiger partial charge in [-0.05, 0) is 11.5 Å². The standard InChI is InChI=1S/C15H19N3O/c1-10(2)11-4-6-12(7-5-11)15(19)14(16)13-8-17-18(3)9-13/h4-10,14H,16H2,1-3H3. The van der Waals surface area contributed by atoms with Crippen molar-refractivity contribution in [1.29, 1.82) is 0 Å². The van der Waals surface area contributed by atoms with E-state index < -0.39 is 6.04 Å². The molecular formula is C15H19N3O. The SMILES string of the molecule is CC(C)c1ccc(C(=O)C(N)c2cnn(C)c2)cc1. The van der Waals surface area contributed by atoms with E-state index in [1.165, 1.54) is 5.56 Å². The Morgan fingerprint density at radius 3 is 2.32 bits per heavy atom. The summed E-state index contributed by atoms with van der Waals surface area (Å²) in [5, 5.41) is 4.04. The van der Waals surface area contributed by atoms with Crippen molar-refractivity contribution in [2.24, 2.45) is 12.8 Å². The van der Waals surface area contributed by atoms with Crippen molar-refractivity contribution < 1.29 is 4.79 Å². The lowest BCUT2D eigenvalue weighted by molar-refractivity contribution is 0.0961. The van der Waals surface area contributed by atoms with Crippen molar-refractivity contribution in [2.75, 3.05) is 0 Å². The van der Waals surface area contributed by atoms with Gasteiger partial charge in [-0.2, -0.15) is 5.10 Å². The molecule has 1 unspecified atom stereocenters. The van der Waals surface area contributed by atoms with Crippen LogP contribution in [-0.2, 0) is 7.05 Å². The molecule has 4 heteroatoms. The molecule has 0 radical (unpaired) electrons. The van der Waals surface area contributed by atoms with Gasteiger partial charge in [-0.1, -0.05) is 38.1 Å². The largest absolute Gasteiger partial charge is 0.317 e. The number of hydrogen-bond acceptors (Lipinski definition) is 3. The molecule has 0 bridgehead atoms. The van der Waals surface area contributed by atoms with E-state index >= 15 is 0 Å². The van der Waals surface area contributed by atoms with Gasteiger partial charge >= 0.3 is 0 Å². The number of nitrogens with two attached hydrogens (primary N) is 1. The zero-order chi connectivity index (χ0) is 14.0. The Balaban J connectivity index is 2.19. The van der Waals surface area contributed by atoms with Crippen LogP contribution in [0.5, 0.6) is 0 Å². The van der Waals surface area contributed by atoms with E-state index in [0.29, 0.717) is 11.5 Å². The van der Waals surface area contributed by atoms with Crippen LogP contribution in [-0.4, -0.2) is 15.6 Å². The molecule has 0 aliphatic rings. The van der Waals surface area contributed by atoms with Gasteiger partial charge in [0.1, 0.15) is 0 Å². The average molecular weight is 257 g/mol. The lowest BCUT2D eigenvalue weighted by Crippen LogP contribution is -2.21. The van der Waals surface area contributed by atoms with Gasteiger partial charge in [-0.3, -0.25) is 9.48 Å². The molecule has 2 rings (SSSR count). The van der Waals surface area contributed by atoms with Gasteiger partial charge in [0.25, 0.3) is 0 Å². The second kappa shape index (κ2) is 5.36. The first-order valence-corrected chi connectivity index (χ1v) is 6.37. The molecule has 1 aromatic heterocycles. The number of benzene rings is 1. The zero-order valence-corrected chi connectivity index (χ0v) is 11.5. The minimum Gasteiger partial charge on any atom is -0.317 e. The van der Waals surface area contributed by atoms with Gasteiger partial charge in [-0.15, -0.1) is 0 Å². The fourth-order valence-electron chi connectivity index (χ4n) is 1.96. The highest BCUT2D eigenvalue weighted by atomic mass is 16.1. The molecule has 1 atom stereocenters. The predicted octanol–water partition coefficient (Wildman–Crippen LogP) is 2.43. The van der Waals surface area contributed by atoms with Crippen molar-refractivity contribution in [2.45, 2.75) is 25.8 Å². The van der Waals surface area contributed by atoms with Gasteiger partial charge in [0.2, 0.25) is 0 Å². The second-order valence-electron chi connectivity index (χ2n) is 5.07. The molecule has 0 fully saturated rings. The number of hydrogen-bond donors (Lipinski definition) is 1. The zero-order valence-electron chi connectivity index (χ0n) is 11.5. The maximum Gasteiger partial charge on any atom is 0.184 e. The average Bonchev–Trinajstić information content (AvgIpc) is 2.84. The normalized spacial score (nSPS) is 12.7. The van der Waals surface area contributed by atoms with Crippen LogP contribution in [0.25, 0.3) is 0 Å². The summed E-state index contributed by atoms with van der Waals surface area (Å²) < 4.78 is 1.64. The van der Waals surface area contributed by atoms with Crippen LogP contribution in [0.4, 0.5) is 0 Å². The first-order chi connectivity index (χ1) is 8.99. The second-order valence-corrected chi connectivity index (χ2v) is 5.07. The van der Waals surface area contributed by atoms with Crippen LogP contribution in [0.1, 0.15) is 47.3 Å². The maximum absolute atomic E-state index is 12.3. The van der Waals surface area contributed by atoms with E-state index in [2.05, 4.69) is 18.9 Å². The summed E-state index contributed by atoms with van der Waals surface area (Å²) in [7, 11) is 1.80. The van der Waals surface area contributed by atoms with Crippen LogP contribution in [0.2, 0.25) is 0 Å². The number of rotatable bonds is 4. The highest BCUT2D eigenvalue weighted by Gasteiger charge is 2.19. The van der Waals surface area contributed by atoms with Gasteiger partial charge in [0, 0.05) is 24.4 Å². The lowest BCUT2D eigenvalue weighted by atomic mass is 9.97. The molecule has 0 saturated carbocycles. The Bertz CT molecular complexity index is 569. The summed E-state index contributed by atoms with van der Waals surface area (Å²) in [5.74, 6) is 0.374. The number of carbonyl (C=O) groups excluding carboxylic acids is 1. The minimum atomic E-state index is -0.654. The van der Waals surface area contributed by atoms with Crippen molar-refractivity contribution in [3.63, 3.8) is 0 Å². The molecule has 0 amide bonds. The molecule has 0 saturated heterocycles. The van der Waals surface area contributed by atoms with Crippen LogP contribution in [0, 0.1) is 0 Å². The summed E-state index contributed by atoms with van der Waals surface area (Å²) >= 11 is 0. The molecule has 19 heavy (non-hydrogen) atoms. The summed E-state index contributed by atoms with van der Waals surface area (Å²) in [4.78, 5) is 12.3. The molecule has 0 spiro atoms. The van der Waals surface area contributed by atoms with Gasteiger partial charge in [0.05, 0.1) is 12.2 Å². The first-order valence-electron chi connectivity index (χ1n) is 6.37. The number of ketones is 1. The Morgan fingerprint density at radius 1 is 1.21 bits per heavy atom. The summed E-state index contributed by atoms with van der Waals surface area (Å²) in [6, 6.07) is 6.99. The van der Waals surface area contributed by atoms with Crippen LogP contribution >= 0.6 is 0 Å². The van der Waals surface area contributed by atoms with Gasteiger partial charge in [-0.25, -0.2) is 0 Å². The van der Waals surface area contributed by atoms with E-state index in [1.54, 1.807) is 24.1 Å². The summed E-state index contributed by atoms with van der Waals surface area (Å²) in [6.45, 7) is 4.25. The first kappa shape index (κ1) is 13.5. The molecule has 2 aromatic rings. The highest BCUT2D eigenvalue weighted by Crippen LogP contribution is 2.19. The van der Waals surface area contributed by atoms with E-state index in [4.69, 9.17) is 5.73 Å². The van der Waals surface area contributed by atoms with Crippen molar-refractivity contribution >= 4 is 5.78 Å². The number of carbonyl (C=O) groups is 1. The van der Waals surface area contributed by atoms with E-state index in [1.807, 2.05) is 24.3 Å². The molecular weight excluding hydrogens is 238 g/mol. The van der Waals surface area contributed by atoms with Crippen LogP contribution in [0.15, 0.2) is 36.7 Å². The van der Waals surface area contributed by atoms with E-state index in [0.717, 1.165) is 5.56 Å². The monoisotopic (exact) mass is 257 g/mol. The molecule has 0 aliphatic heterocycles. The Morgan fingerprint density at radius 2 is 1.84 bits per heavy atom. The van der Waals surface area contributed by atoms with Crippen LogP contribution in [0.3, 0.4) is 0 Å². The van der Waals surface area contributed by atoms with Crippen molar-refractivity contribution in [1.82, 2.24) is 9.78 Å². The number of nitrogens with zero attached hydrogens (tertiary/aromatic N) is 2. The van der Waals surface area contributed by atoms with Crippen LogP contribution < -0.4 is 5.73 Å². The lowest BCUT2D eigenvalue weighted by Gasteiger charge is -2.10.